The molecule has 0 unspecified atom stereocenters. The normalized spacial score (nSPS) is 15.8. The Morgan fingerprint density at radius 3 is 2.69 bits per heavy atom. The summed E-state index contributed by atoms with van der Waals surface area (Å²) in [5.74, 6) is 0.794. The number of nitrogens with zero attached hydrogens (tertiary/aromatic N) is 3. The van der Waals surface area contributed by atoms with E-state index in [2.05, 4.69) is 22.4 Å². The Labute approximate surface area is 180 Å². The van der Waals surface area contributed by atoms with Crippen LogP contribution in [0.1, 0.15) is 49.4 Å². The van der Waals surface area contributed by atoms with Crippen LogP contribution in [0, 0.1) is 0 Å². The minimum absolute atomic E-state index is 0.0420. The number of thioether (sulfide) groups is 1. The summed E-state index contributed by atoms with van der Waals surface area (Å²) in [5, 5.41) is 11.7. The van der Waals surface area contributed by atoms with Gasteiger partial charge in [0.05, 0.1) is 11.4 Å². The summed E-state index contributed by atoms with van der Waals surface area (Å²) in [6, 6.07) is 6.32. The number of benzene rings is 1. The number of aromatic nitrogens is 2. The number of carbonyl (C=O) groups is 1. The molecule has 1 N–H and O–H groups in total. The Balaban J connectivity index is 1.65. The van der Waals surface area contributed by atoms with Gasteiger partial charge in [-0.2, -0.15) is 4.31 Å². The zero-order valence-corrected chi connectivity index (χ0v) is 18.9. The highest BCUT2D eigenvalue weighted by Crippen LogP contribution is 2.26. The molecule has 1 aromatic carbocycles. The second kappa shape index (κ2) is 10.5. The number of rotatable bonds is 9. The first-order chi connectivity index (χ1) is 14.0. The fraction of sp³-hybridized carbons (Fsp3) is 0.526. The summed E-state index contributed by atoms with van der Waals surface area (Å²) in [6.45, 7) is 3.22. The molecular formula is C19H26N4O3S3. The number of carbonyl (C=O) groups excluding carboxylic acids is 1. The van der Waals surface area contributed by atoms with Crippen LogP contribution in [0.3, 0.4) is 0 Å². The maximum Gasteiger partial charge on any atom is 0.243 e. The lowest BCUT2D eigenvalue weighted by molar-refractivity contribution is 0.101. The van der Waals surface area contributed by atoms with E-state index in [4.69, 9.17) is 0 Å². The highest BCUT2D eigenvalue weighted by molar-refractivity contribution is 8.01. The highest BCUT2D eigenvalue weighted by atomic mass is 32.2. The quantitative estimate of drug-likeness (QED) is 0.454. The smallest absolute Gasteiger partial charge is 0.243 e. The van der Waals surface area contributed by atoms with E-state index < -0.39 is 10.0 Å². The monoisotopic (exact) mass is 454 g/mol. The number of sulfonamides is 1. The number of hydrogen-bond donors (Lipinski definition) is 1. The first-order valence-corrected chi connectivity index (χ1v) is 13.1. The van der Waals surface area contributed by atoms with Crippen LogP contribution in [-0.2, 0) is 10.0 Å². The van der Waals surface area contributed by atoms with Gasteiger partial charge in [-0.05, 0) is 31.4 Å². The van der Waals surface area contributed by atoms with E-state index in [0.717, 1.165) is 42.2 Å². The zero-order valence-electron chi connectivity index (χ0n) is 16.5. The van der Waals surface area contributed by atoms with Gasteiger partial charge >= 0.3 is 0 Å². The third kappa shape index (κ3) is 6.00. The topological polar surface area (TPSA) is 92.3 Å². The van der Waals surface area contributed by atoms with Crippen LogP contribution in [0.15, 0.2) is 33.5 Å². The van der Waals surface area contributed by atoms with Crippen LogP contribution in [0.4, 0.5) is 5.13 Å². The molecule has 0 aliphatic carbocycles. The van der Waals surface area contributed by atoms with Crippen molar-refractivity contribution in [3.8, 4) is 0 Å². The molecule has 3 rings (SSSR count). The van der Waals surface area contributed by atoms with E-state index in [0.29, 0.717) is 23.8 Å². The molecule has 1 fully saturated rings. The van der Waals surface area contributed by atoms with Gasteiger partial charge < -0.3 is 5.32 Å². The van der Waals surface area contributed by atoms with Crippen molar-refractivity contribution in [3.05, 3.63) is 29.8 Å². The Kier molecular flexibility index (Phi) is 8.05. The lowest BCUT2D eigenvalue weighted by atomic mass is 10.1. The molecule has 29 heavy (non-hydrogen) atoms. The Bertz CT molecular complexity index is 922. The summed E-state index contributed by atoms with van der Waals surface area (Å²) in [7, 11) is -3.58. The summed E-state index contributed by atoms with van der Waals surface area (Å²) in [5.41, 5.74) is 0.374. The molecule has 1 aromatic heterocycles. The minimum atomic E-state index is -3.58. The predicted octanol–water partition coefficient (Wildman–Crippen LogP) is 3.90. The third-order valence-corrected chi connectivity index (χ3v) is 8.71. The van der Waals surface area contributed by atoms with Crippen LogP contribution in [0.25, 0.3) is 0 Å². The molecule has 0 radical (unpaired) electrons. The van der Waals surface area contributed by atoms with Gasteiger partial charge in [0, 0.05) is 24.4 Å². The standard InChI is InChI=1S/C19H26N4O3S3/c1-2-12-27-19-22-21-18(28-19)20-14-17(24)15-8-7-9-16(13-15)29(25,26)23-10-5-3-4-6-11-23/h7-9,13H,2-6,10-12,14H2,1H3,(H,20,21). The van der Waals surface area contributed by atoms with Crippen LogP contribution in [0.5, 0.6) is 0 Å². The van der Waals surface area contributed by atoms with Crippen LogP contribution >= 0.6 is 23.1 Å². The Hall–Kier alpha value is -1.49. The minimum Gasteiger partial charge on any atom is -0.353 e. The summed E-state index contributed by atoms with van der Waals surface area (Å²) in [4.78, 5) is 12.8. The van der Waals surface area contributed by atoms with Crippen molar-refractivity contribution in [1.82, 2.24) is 14.5 Å². The van der Waals surface area contributed by atoms with Gasteiger partial charge in [0.2, 0.25) is 15.2 Å². The summed E-state index contributed by atoms with van der Waals surface area (Å²) in [6.07, 6.45) is 4.92. The molecule has 0 amide bonds. The van der Waals surface area contributed by atoms with Gasteiger partial charge in [0.15, 0.2) is 10.1 Å². The molecule has 0 spiro atoms. The van der Waals surface area contributed by atoms with Crippen LogP contribution < -0.4 is 5.32 Å². The van der Waals surface area contributed by atoms with E-state index in [-0.39, 0.29) is 17.2 Å². The molecule has 0 bridgehead atoms. The maximum atomic E-state index is 13.0. The molecule has 1 aliphatic heterocycles. The fourth-order valence-corrected chi connectivity index (χ4v) is 6.28. The van der Waals surface area contributed by atoms with Crippen molar-refractivity contribution >= 4 is 44.0 Å². The van der Waals surface area contributed by atoms with Crippen LogP contribution in [0.2, 0.25) is 0 Å². The SMILES string of the molecule is CCCSc1nnc(NCC(=O)c2cccc(S(=O)(=O)N3CCCCCC3)c2)s1. The van der Waals surface area contributed by atoms with Crippen molar-refractivity contribution < 1.29 is 13.2 Å². The van der Waals surface area contributed by atoms with Gasteiger partial charge in [0.25, 0.3) is 0 Å². The number of nitrogens with one attached hydrogen (secondary N) is 1. The molecule has 0 atom stereocenters. The largest absolute Gasteiger partial charge is 0.353 e. The molecule has 2 heterocycles. The van der Waals surface area contributed by atoms with Crippen molar-refractivity contribution in [2.75, 3.05) is 30.7 Å². The van der Waals surface area contributed by atoms with Gasteiger partial charge in [-0.25, -0.2) is 8.42 Å². The van der Waals surface area contributed by atoms with Gasteiger partial charge in [-0.3, -0.25) is 4.79 Å². The average Bonchev–Trinajstić information content (AvgIpc) is 3.00. The molecule has 10 heteroatoms. The van der Waals surface area contributed by atoms with Gasteiger partial charge in [-0.15, -0.1) is 10.2 Å². The average molecular weight is 455 g/mol. The number of Topliss-reactive ketones (excluding diaryl/α,β-unsaturated/α-hetero) is 1. The Morgan fingerprint density at radius 1 is 1.21 bits per heavy atom. The highest BCUT2D eigenvalue weighted by Gasteiger charge is 2.25. The molecule has 0 saturated carbocycles. The van der Waals surface area contributed by atoms with Gasteiger partial charge in [-0.1, -0.05) is 55.0 Å². The second-order valence-corrected chi connectivity index (χ2v) is 11.1. The van der Waals surface area contributed by atoms with Crippen molar-refractivity contribution in [2.24, 2.45) is 0 Å². The van der Waals surface area contributed by atoms with E-state index >= 15 is 0 Å². The summed E-state index contributed by atoms with van der Waals surface area (Å²) < 4.78 is 28.3. The molecule has 158 valence electrons. The van der Waals surface area contributed by atoms with Crippen molar-refractivity contribution in [2.45, 2.75) is 48.3 Å². The van der Waals surface area contributed by atoms with E-state index in [1.165, 1.54) is 17.4 Å². The number of anilines is 1. The van der Waals surface area contributed by atoms with E-state index in [1.54, 1.807) is 34.3 Å². The van der Waals surface area contributed by atoms with Crippen molar-refractivity contribution in [1.29, 1.82) is 0 Å². The molecule has 7 nitrogen and oxygen atoms in total. The molecule has 2 aromatic rings. The maximum absolute atomic E-state index is 13.0. The first-order valence-electron chi connectivity index (χ1n) is 9.84. The van der Waals surface area contributed by atoms with E-state index in [1.807, 2.05) is 0 Å². The Morgan fingerprint density at radius 2 is 1.97 bits per heavy atom. The lowest BCUT2D eigenvalue weighted by Gasteiger charge is -2.20. The molecule has 1 saturated heterocycles. The third-order valence-electron chi connectivity index (χ3n) is 4.60. The zero-order chi connectivity index (χ0) is 20.7. The predicted molar refractivity (Wildman–Crippen MR) is 117 cm³/mol. The summed E-state index contributed by atoms with van der Waals surface area (Å²) >= 11 is 3.05. The second-order valence-electron chi connectivity index (χ2n) is 6.84. The van der Waals surface area contributed by atoms with Crippen LogP contribution in [-0.4, -0.2) is 54.1 Å². The number of ketones is 1. The van der Waals surface area contributed by atoms with Crippen molar-refractivity contribution in [3.63, 3.8) is 0 Å². The van der Waals surface area contributed by atoms with Gasteiger partial charge in [0.1, 0.15) is 0 Å². The first kappa shape index (κ1) is 22.2. The molecular weight excluding hydrogens is 428 g/mol. The molecule has 1 aliphatic rings. The lowest BCUT2D eigenvalue weighted by Crippen LogP contribution is -2.32. The number of hydrogen-bond acceptors (Lipinski definition) is 8. The van der Waals surface area contributed by atoms with E-state index in [9.17, 15) is 13.2 Å². The fourth-order valence-electron chi connectivity index (χ4n) is 3.05.